The minimum Gasteiger partial charge on any atom is -0.336 e. The molecular formula is C17H23Cl2N3O2. The first-order valence-electron chi connectivity index (χ1n) is 8.25. The van der Waals surface area contributed by atoms with Crippen molar-refractivity contribution < 1.29 is 9.59 Å². The summed E-state index contributed by atoms with van der Waals surface area (Å²) < 4.78 is 0. The van der Waals surface area contributed by atoms with Gasteiger partial charge in [0.25, 0.3) is 0 Å². The number of para-hydroxylation sites is 1. The quantitative estimate of drug-likeness (QED) is 0.821. The van der Waals surface area contributed by atoms with Gasteiger partial charge in [-0.05, 0) is 25.0 Å². The topological polar surface area (TPSA) is 61.4 Å². The lowest BCUT2D eigenvalue weighted by molar-refractivity contribution is -0.116. The molecule has 7 heteroatoms. The summed E-state index contributed by atoms with van der Waals surface area (Å²) >= 11 is 12.3. The molecule has 0 bridgehead atoms. The number of hydrogen-bond acceptors (Lipinski definition) is 2. The van der Waals surface area contributed by atoms with Crippen LogP contribution in [0.4, 0.5) is 10.5 Å². The van der Waals surface area contributed by atoms with Crippen LogP contribution in [-0.4, -0.2) is 31.1 Å². The fourth-order valence-corrected chi connectivity index (χ4v) is 3.54. The van der Waals surface area contributed by atoms with Crippen molar-refractivity contribution in [2.45, 2.75) is 45.1 Å². The molecule has 0 atom stereocenters. The molecule has 24 heavy (non-hydrogen) atoms. The Balaban J connectivity index is 1.88. The molecule has 2 N–H and O–H groups in total. The predicted octanol–water partition coefficient (Wildman–Crippen LogP) is 3.98. The maximum absolute atomic E-state index is 12.0. The summed E-state index contributed by atoms with van der Waals surface area (Å²) in [6.45, 7) is 2.07. The van der Waals surface area contributed by atoms with Gasteiger partial charge in [0.2, 0.25) is 5.91 Å². The van der Waals surface area contributed by atoms with Crippen molar-refractivity contribution in [3.63, 3.8) is 0 Å². The van der Waals surface area contributed by atoms with E-state index in [0.717, 1.165) is 25.7 Å². The Bertz CT molecular complexity index is 569. The largest absolute Gasteiger partial charge is 0.336 e. The SMILES string of the molecule is CC(=O)N(CCNC(=O)NC1CCCCC1)c1c(Cl)cccc1Cl. The van der Waals surface area contributed by atoms with Crippen LogP contribution in [0.2, 0.25) is 10.0 Å². The zero-order chi connectivity index (χ0) is 17.5. The zero-order valence-electron chi connectivity index (χ0n) is 13.8. The fourth-order valence-electron chi connectivity index (χ4n) is 2.94. The van der Waals surface area contributed by atoms with Gasteiger partial charge in [0, 0.05) is 26.1 Å². The zero-order valence-corrected chi connectivity index (χ0v) is 15.3. The van der Waals surface area contributed by atoms with Gasteiger partial charge in [-0.3, -0.25) is 4.79 Å². The van der Waals surface area contributed by atoms with Gasteiger partial charge < -0.3 is 15.5 Å². The summed E-state index contributed by atoms with van der Waals surface area (Å²) in [6, 6.07) is 5.14. The Kier molecular flexibility index (Phi) is 7.18. The van der Waals surface area contributed by atoms with Crippen LogP contribution in [0.3, 0.4) is 0 Å². The minimum atomic E-state index is -0.198. The maximum Gasteiger partial charge on any atom is 0.315 e. The fraction of sp³-hybridized carbons (Fsp3) is 0.529. The molecule has 1 aromatic rings. The van der Waals surface area contributed by atoms with Crippen LogP contribution >= 0.6 is 23.2 Å². The van der Waals surface area contributed by atoms with Gasteiger partial charge in [-0.25, -0.2) is 4.79 Å². The number of nitrogens with one attached hydrogen (secondary N) is 2. The summed E-state index contributed by atoms with van der Waals surface area (Å²) in [6.07, 6.45) is 5.62. The number of carbonyl (C=O) groups excluding carboxylic acids is 2. The van der Waals surface area contributed by atoms with E-state index in [-0.39, 0.29) is 18.0 Å². The summed E-state index contributed by atoms with van der Waals surface area (Å²) in [5.74, 6) is -0.181. The Hall–Kier alpha value is -1.46. The molecule has 0 spiro atoms. The molecular weight excluding hydrogens is 349 g/mol. The van der Waals surface area contributed by atoms with Gasteiger partial charge in [-0.15, -0.1) is 0 Å². The molecule has 3 amide bonds. The maximum atomic E-state index is 12.0. The first-order chi connectivity index (χ1) is 11.5. The smallest absolute Gasteiger partial charge is 0.315 e. The Labute approximate surface area is 152 Å². The van der Waals surface area contributed by atoms with Crippen LogP contribution in [0.1, 0.15) is 39.0 Å². The molecule has 5 nitrogen and oxygen atoms in total. The molecule has 2 rings (SSSR count). The van der Waals surface area contributed by atoms with Crippen molar-refractivity contribution in [2.75, 3.05) is 18.0 Å². The van der Waals surface area contributed by atoms with Gasteiger partial charge in [0.05, 0.1) is 15.7 Å². The number of anilines is 1. The number of nitrogens with zero attached hydrogens (tertiary/aromatic N) is 1. The van der Waals surface area contributed by atoms with E-state index in [1.54, 1.807) is 18.2 Å². The average Bonchev–Trinajstić information content (AvgIpc) is 2.53. The Morgan fingerprint density at radius 2 is 1.79 bits per heavy atom. The number of amides is 3. The molecule has 0 aliphatic heterocycles. The van der Waals surface area contributed by atoms with E-state index in [2.05, 4.69) is 10.6 Å². The normalized spacial score (nSPS) is 15.0. The van der Waals surface area contributed by atoms with Crippen molar-refractivity contribution in [1.82, 2.24) is 10.6 Å². The van der Waals surface area contributed by atoms with Crippen LogP contribution in [0.15, 0.2) is 18.2 Å². The van der Waals surface area contributed by atoms with E-state index in [9.17, 15) is 9.59 Å². The molecule has 1 aromatic carbocycles. The van der Waals surface area contributed by atoms with Gasteiger partial charge in [-0.1, -0.05) is 48.5 Å². The third-order valence-corrected chi connectivity index (χ3v) is 4.76. The number of hydrogen-bond donors (Lipinski definition) is 2. The number of carbonyl (C=O) groups is 2. The van der Waals surface area contributed by atoms with E-state index in [0.29, 0.717) is 28.8 Å². The Morgan fingerprint density at radius 3 is 2.38 bits per heavy atom. The van der Waals surface area contributed by atoms with E-state index in [4.69, 9.17) is 23.2 Å². The highest BCUT2D eigenvalue weighted by molar-refractivity contribution is 6.39. The average molecular weight is 372 g/mol. The van der Waals surface area contributed by atoms with Crippen LogP contribution < -0.4 is 15.5 Å². The van der Waals surface area contributed by atoms with Crippen LogP contribution in [-0.2, 0) is 4.79 Å². The molecule has 1 saturated carbocycles. The molecule has 1 fully saturated rings. The number of halogens is 2. The van der Waals surface area contributed by atoms with Gasteiger partial charge >= 0.3 is 6.03 Å². The first-order valence-corrected chi connectivity index (χ1v) is 9.01. The van der Waals surface area contributed by atoms with Gasteiger partial charge in [0.15, 0.2) is 0 Å². The van der Waals surface area contributed by atoms with Gasteiger partial charge in [-0.2, -0.15) is 0 Å². The Morgan fingerprint density at radius 1 is 1.17 bits per heavy atom. The number of rotatable bonds is 5. The second kappa shape index (κ2) is 9.14. The van der Waals surface area contributed by atoms with Crippen molar-refractivity contribution in [1.29, 1.82) is 0 Å². The highest BCUT2D eigenvalue weighted by Crippen LogP contribution is 2.33. The lowest BCUT2D eigenvalue weighted by atomic mass is 9.96. The summed E-state index contributed by atoms with van der Waals surface area (Å²) in [4.78, 5) is 25.4. The van der Waals surface area contributed by atoms with Crippen molar-refractivity contribution in [3.05, 3.63) is 28.2 Å². The van der Waals surface area contributed by atoms with E-state index in [1.807, 2.05) is 0 Å². The predicted molar refractivity (Wildman–Crippen MR) is 97.9 cm³/mol. The van der Waals surface area contributed by atoms with Crippen LogP contribution in [0.25, 0.3) is 0 Å². The van der Waals surface area contributed by atoms with E-state index >= 15 is 0 Å². The first kappa shape index (κ1) is 18.9. The summed E-state index contributed by atoms with van der Waals surface area (Å²) in [7, 11) is 0. The van der Waals surface area contributed by atoms with Crippen molar-refractivity contribution >= 4 is 40.8 Å². The van der Waals surface area contributed by atoms with Crippen molar-refractivity contribution in [2.24, 2.45) is 0 Å². The van der Waals surface area contributed by atoms with Crippen LogP contribution in [0, 0.1) is 0 Å². The molecule has 0 unspecified atom stereocenters. The molecule has 1 aliphatic rings. The third-order valence-electron chi connectivity index (χ3n) is 4.15. The standard InChI is InChI=1S/C17H23Cl2N3O2/c1-12(23)22(16-14(18)8-5-9-15(16)19)11-10-20-17(24)21-13-6-3-2-4-7-13/h5,8-9,13H,2-4,6-7,10-11H2,1H3,(H2,20,21,24). The summed E-state index contributed by atoms with van der Waals surface area (Å²) in [5.41, 5.74) is 0.475. The van der Waals surface area contributed by atoms with Crippen LogP contribution in [0.5, 0.6) is 0 Å². The highest BCUT2D eigenvalue weighted by atomic mass is 35.5. The molecule has 1 aliphatic carbocycles. The van der Waals surface area contributed by atoms with Crippen molar-refractivity contribution in [3.8, 4) is 0 Å². The molecule has 0 heterocycles. The number of benzene rings is 1. The molecule has 132 valence electrons. The lowest BCUT2D eigenvalue weighted by Gasteiger charge is -2.25. The number of urea groups is 1. The third kappa shape index (κ3) is 5.28. The monoisotopic (exact) mass is 371 g/mol. The van der Waals surface area contributed by atoms with Gasteiger partial charge in [0.1, 0.15) is 0 Å². The summed E-state index contributed by atoms with van der Waals surface area (Å²) in [5, 5.41) is 6.59. The lowest BCUT2D eigenvalue weighted by Crippen LogP contribution is -2.45. The molecule has 0 aromatic heterocycles. The second-order valence-corrected chi connectivity index (χ2v) is 6.79. The second-order valence-electron chi connectivity index (χ2n) is 5.98. The highest BCUT2D eigenvalue weighted by Gasteiger charge is 2.19. The molecule has 0 saturated heterocycles. The van der Waals surface area contributed by atoms with E-state index < -0.39 is 0 Å². The molecule has 0 radical (unpaired) electrons. The van der Waals surface area contributed by atoms with E-state index in [1.165, 1.54) is 18.2 Å². The minimum absolute atomic E-state index is 0.181.